The standard InChI is InChI=1S/C14H20N4O4/c1-22-11-2-3-12(13(10-11)18(20)21)16-14(19)4-7-17-8-5-15-6-9-17/h2-3,10,15H,4-9H2,1H3,(H,16,19). The maximum atomic E-state index is 12.0. The molecule has 0 saturated carbocycles. The van der Waals surface area contributed by atoms with Crippen LogP contribution < -0.4 is 15.4 Å². The first-order valence-corrected chi connectivity index (χ1v) is 7.15. The molecule has 1 saturated heterocycles. The predicted octanol–water partition coefficient (Wildman–Crippen LogP) is 0.837. The third kappa shape index (κ3) is 4.40. The van der Waals surface area contributed by atoms with Crippen LogP contribution in [-0.4, -0.2) is 55.6 Å². The summed E-state index contributed by atoms with van der Waals surface area (Å²) >= 11 is 0. The Morgan fingerprint density at radius 2 is 2.18 bits per heavy atom. The number of amides is 1. The Morgan fingerprint density at radius 1 is 1.45 bits per heavy atom. The van der Waals surface area contributed by atoms with Crippen LogP contribution in [0.1, 0.15) is 6.42 Å². The maximum absolute atomic E-state index is 12.0. The lowest BCUT2D eigenvalue weighted by Gasteiger charge is -2.26. The number of rotatable bonds is 6. The molecule has 0 spiro atoms. The highest BCUT2D eigenvalue weighted by Crippen LogP contribution is 2.28. The second-order valence-electron chi connectivity index (χ2n) is 5.03. The SMILES string of the molecule is COc1ccc(NC(=O)CCN2CCNCC2)c([N+](=O)[O-])c1. The van der Waals surface area contributed by atoms with E-state index in [1.165, 1.54) is 19.2 Å². The highest BCUT2D eigenvalue weighted by Gasteiger charge is 2.18. The van der Waals surface area contributed by atoms with Gasteiger partial charge in [-0.05, 0) is 12.1 Å². The molecule has 120 valence electrons. The summed E-state index contributed by atoms with van der Waals surface area (Å²) in [5.41, 5.74) is 0.0194. The number of hydrogen-bond donors (Lipinski definition) is 2. The first-order valence-electron chi connectivity index (χ1n) is 7.15. The fourth-order valence-electron chi connectivity index (χ4n) is 2.30. The summed E-state index contributed by atoms with van der Waals surface area (Å²) in [6.07, 6.45) is 0.309. The smallest absolute Gasteiger partial charge is 0.296 e. The third-order valence-electron chi connectivity index (χ3n) is 3.54. The van der Waals surface area contributed by atoms with E-state index >= 15 is 0 Å². The average molecular weight is 308 g/mol. The number of nitrogens with one attached hydrogen (secondary N) is 2. The molecular formula is C14H20N4O4. The van der Waals surface area contributed by atoms with Gasteiger partial charge in [0.1, 0.15) is 11.4 Å². The van der Waals surface area contributed by atoms with Crippen LogP contribution in [0.5, 0.6) is 5.75 Å². The molecule has 0 atom stereocenters. The molecule has 1 aliphatic rings. The molecule has 2 rings (SSSR count). The molecule has 1 aromatic rings. The van der Waals surface area contributed by atoms with Gasteiger partial charge in [0.15, 0.2) is 0 Å². The van der Waals surface area contributed by atoms with Crippen LogP contribution in [0.2, 0.25) is 0 Å². The van der Waals surface area contributed by atoms with Crippen LogP contribution in [0.25, 0.3) is 0 Å². The number of benzene rings is 1. The normalized spacial score (nSPS) is 15.3. The van der Waals surface area contributed by atoms with Crippen molar-refractivity contribution in [3.05, 3.63) is 28.3 Å². The highest BCUT2D eigenvalue weighted by atomic mass is 16.6. The molecule has 1 fully saturated rings. The van der Waals surface area contributed by atoms with E-state index in [0.717, 1.165) is 26.2 Å². The number of ether oxygens (including phenoxy) is 1. The van der Waals surface area contributed by atoms with Crippen LogP contribution in [-0.2, 0) is 4.79 Å². The monoisotopic (exact) mass is 308 g/mol. The Balaban J connectivity index is 1.94. The van der Waals surface area contributed by atoms with Gasteiger partial charge in [-0.3, -0.25) is 14.9 Å². The first-order chi connectivity index (χ1) is 10.6. The molecule has 1 amide bonds. The van der Waals surface area contributed by atoms with Crippen molar-refractivity contribution in [2.75, 3.05) is 45.2 Å². The lowest BCUT2D eigenvalue weighted by atomic mass is 10.2. The number of nitro groups is 1. The van der Waals surface area contributed by atoms with Gasteiger partial charge in [0.25, 0.3) is 5.69 Å². The van der Waals surface area contributed by atoms with E-state index < -0.39 is 4.92 Å². The van der Waals surface area contributed by atoms with E-state index in [1.807, 2.05) is 0 Å². The van der Waals surface area contributed by atoms with Gasteiger partial charge < -0.3 is 20.3 Å². The zero-order valence-electron chi connectivity index (χ0n) is 12.5. The number of hydrogen-bond acceptors (Lipinski definition) is 6. The zero-order valence-corrected chi connectivity index (χ0v) is 12.5. The van der Waals surface area contributed by atoms with Crippen molar-refractivity contribution in [1.29, 1.82) is 0 Å². The topological polar surface area (TPSA) is 96.7 Å². The van der Waals surface area contributed by atoms with Gasteiger partial charge in [-0.1, -0.05) is 0 Å². The van der Waals surface area contributed by atoms with Crippen molar-refractivity contribution in [1.82, 2.24) is 10.2 Å². The summed E-state index contributed by atoms with van der Waals surface area (Å²) in [7, 11) is 1.44. The van der Waals surface area contributed by atoms with Gasteiger partial charge in [-0.25, -0.2) is 0 Å². The van der Waals surface area contributed by atoms with Crippen LogP contribution in [0.4, 0.5) is 11.4 Å². The number of nitro benzene ring substituents is 1. The van der Waals surface area contributed by atoms with Crippen molar-refractivity contribution in [3.8, 4) is 5.75 Å². The Kier molecular flexibility index (Phi) is 5.68. The van der Waals surface area contributed by atoms with E-state index in [2.05, 4.69) is 15.5 Å². The van der Waals surface area contributed by atoms with Crippen LogP contribution in [0.3, 0.4) is 0 Å². The van der Waals surface area contributed by atoms with Gasteiger partial charge >= 0.3 is 0 Å². The van der Waals surface area contributed by atoms with E-state index in [1.54, 1.807) is 6.07 Å². The largest absolute Gasteiger partial charge is 0.496 e. The number of carbonyl (C=O) groups is 1. The highest BCUT2D eigenvalue weighted by molar-refractivity contribution is 5.93. The second kappa shape index (κ2) is 7.71. The molecule has 0 bridgehead atoms. The van der Waals surface area contributed by atoms with Gasteiger partial charge in [-0.15, -0.1) is 0 Å². The summed E-state index contributed by atoms with van der Waals surface area (Å²) in [5, 5.41) is 16.9. The summed E-state index contributed by atoms with van der Waals surface area (Å²) in [6, 6.07) is 4.37. The number of anilines is 1. The van der Waals surface area contributed by atoms with Gasteiger partial charge in [-0.2, -0.15) is 0 Å². The fraction of sp³-hybridized carbons (Fsp3) is 0.500. The first kappa shape index (κ1) is 16.2. The van der Waals surface area contributed by atoms with E-state index in [9.17, 15) is 14.9 Å². The number of piperazine rings is 1. The fourth-order valence-corrected chi connectivity index (χ4v) is 2.30. The number of nitrogens with zero attached hydrogens (tertiary/aromatic N) is 2. The van der Waals surface area contributed by atoms with Crippen LogP contribution >= 0.6 is 0 Å². The third-order valence-corrected chi connectivity index (χ3v) is 3.54. The molecule has 1 heterocycles. The van der Waals surface area contributed by atoms with Crippen molar-refractivity contribution >= 4 is 17.3 Å². The van der Waals surface area contributed by atoms with Gasteiger partial charge in [0.2, 0.25) is 5.91 Å². The number of methoxy groups -OCH3 is 1. The lowest BCUT2D eigenvalue weighted by molar-refractivity contribution is -0.384. The van der Waals surface area contributed by atoms with Crippen LogP contribution in [0, 0.1) is 10.1 Å². The minimum absolute atomic E-state index is 0.171. The predicted molar refractivity (Wildman–Crippen MR) is 82.2 cm³/mol. The maximum Gasteiger partial charge on any atom is 0.296 e. The van der Waals surface area contributed by atoms with Gasteiger partial charge in [0.05, 0.1) is 18.1 Å². The summed E-state index contributed by atoms with van der Waals surface area (Å²) < 4.78 is 4.96. The van der Waals surface area contributed by atoms with E-state index in [-0.39, 0.29) is 17.3 Å². The molecule has 1 aromatic carbocycles. The number of carbonyl (C=O) groups excluding carboxylic acids is 1. The van der Waals surface area contributed by atoms with Crippen LogP contribution in [0.15, 0.2) is 18.2 Å². The molecule has 8 nitrogen and oxygen atoms in total. The molecule has 1 aliphatic heterocycles. The molecule has 0 aliphatic carbocycles. The minimum Gasteiger partial charge on any atom is -0.496 e. The van der Waals surface area contributed by atoms with Crippen molar-refractivity contribution in [2.45, 2.75) is 6.42 Å². The second-order valence-corrected chi connectivity index (χ2v) is 5.03. The van der Waals surface area contributed by atoms with E-state index in [4.69, 9.17) is 4.74 Å². The molecule has 0 unspecified atom stereocenters. The summed E-state index contributed by atoms with van der Waals surface area (Å²) in [4.78, 5) is 24.7. The Morgan fingerprint density at radius 3 is 2.82 bits per heavy atom. The molecule has 22 heavy (non-hydrogen) atoms. The Labute approximate surface area is 128 Å². The zero-order chi connectivity index (χ0) is 15.9. The quantitative estimate of drug-likeness (QED) is 0.597. The lowest BCUT2D eigenvalue weighted by Crippen LogP contribution is -2.44. The van der Waals surface area contributed by atoms with Gasteiger partial charge in [0, 0.05) is 39.1 Å². The van der Waals surface area contributed by atoms with Crippen molar-refractivity contribution in [3.63, 3.8) is 0 Å². The summed E-state index contributed by atoms with van der Waals surface area (Å²) in [6.45, 7) is 4.32. The van der Waals surface area contributed by atoms with Crippen molar-refractivity contribution < 1.29 is 14.5 Å². The Hall–Kier alpha value is -2.19. The average Bonchev–Trinajstić information content (AvgIpc) is 2.54. The Bertz CT molecular complexity index is 544. The molecule has 8 heteroatoms. The van der Waals surface area contributed by atoms with Crippen molar-refractivity contribution in [2.24, 2.45) is 0 Å². The molecule has 0 aromatic heterocycles. The van der Waals surface area contributed by atoms with E-state index in [0.29, 0.717) is 18.7 Å². The summed E-state index contributed by atoms with van der Waals surface area (Å²) in [5.74, 6) is 0.150. The molecule has 2 N–H and O–H groups in total. The molecular weight excluding hydrogens is 288 g/mol. The minimum atomic E-state index is -0.533. The molecule has 0 radical (unpaired) electrons.